The fourth-order valence-corrected chi connectivity index (χ4v) is 2.16. The Hall–Kier alpha value is -0.830. The van der Waals surface area contributed by atoms with E-state index >= 15 is 0 Å². The monoisotopic (exact) mass is 193 g/mol. The number of hydrogen-bond acceptors (Lipinski definition) is 2. The molecule has 0 aliphatic heterocycles. The minimum Gasteiger partial charge on any atom is -0.334 e. The van der Waals surface area contributed by atoms with E-state index in [0.717, 1.165) is 19.0 Å². The van der Waals surface area contributed by atoms with Crippen molar-refractivity contribution in [2.24, 2.45) is 0 Å². The maximum Gasteiger partial charge on any atom is 0.0951 e. The number of aromatic nitrogens is 2. The van der Waals surface area contributed by atoms with Crippen LogP contribution in [0.5, 0.6) is 0 Å². The minimum absolute atomic E-state index is 0.728. The van der Waals surface area contributed by atoms with Gasteiger partial charge in [-0.25, -0.2) is 4.98 Å². The zero-order valence-electron chi connectivity index (χ0n) is 8.87. The van der Waals surface area contributed by atoms with E-state index in [1.165, 1.54) is 31.4 Å². The molecule has 1 aliphatic carbocycles. The molecule has 0 amide bonds. The lowest BCUT2D eigenvalue weighted by Gasteiger charge is -2.09. The molecule has 1 aliphatic rings. The summed E-state index contributed by atoms with van der Waals surface area (Å²) in [6.07, 6.45) is 10.7. The molecule has 0 bridgehead atoms. The molecular formula is C11H19N3. The molecule has 1 fully saturated rings. The highest BCUT2D eigenvalue weighted by atomic mass is 15.1. The highest BCUT2D eigenvalue weighted by Gasteiger charge is 2.16. The van der Waals surface area contributed by atoms with Gasteiger partial charge in [0, 0.05) is 25.2 Å². The highest BCUT2D eigenvalue weighted by Crippen LogP contribution is 2.29. The fraction of sp³-hybridized carbons (Fsp3) is 0.727. The maximum absolute atomic E-state index is 4.42. The maximum atomic E-state index is 4.42. The lowest BCUT2D eigenvalue weighted by molar-refractivity contribution is 0.517. The molecule has 3 heteroatoms. The first-order valence-electron chi connectivity index (χ1n) is 5.57. The predicted molar refractivity (Wildman–Crippen MR) is 57.4 cm³/mol. The van der Waals surface area contributed by atoms with Crippen LogP contribution in [0, 0.1) is 0 Å². The van der Waals surface area contributed by atoms with Crippen LogP contribution in [0.2, 0.25) is 0 Å². The molecule has 0 spiro atoms. The summed E-state index contributed by atoms with van der Waals surface area (Å²) < 4.78 is 2.30. The molecule has 3 nitrogen and oxygen atoms in total. The topological polar surface area (TPSA) is 29.9 Å². The first kappa shape index (κ1) is 9.71. The Labute approximate surface area is 85.5 Å². The summed E-state index contributed by atoms with van der Waals surface area (Å²) in [6.45, 7) is 1.02. The van der Waals surface area contributed by atoms with Gasteiger partial charge in [-0.15, -0.1) is 0 Å². The van der Waals surface area contributed by atoms with Gasteiger partial charge in [0.2, 0.25) is 0 Å². The summed E-state index contributed by atoms with van der Waals surface area (Å²) in [6, 6.07) is 0.728. The molecule has 0 aromatic carbocycles. The molecule has 0 atom stereocenters. The molecule has 0 saturated heterocycles. The van der Waals surface area contributed by atoms with Crippen LogP contribution in [0.3, 0.4) is 0 Å². The summed E-state index contributed by atoms with van der Waals surface area (Å²) in [7, 11) is 1.98. The SMILES string of the molecule is CNCCc1cn(C2CCCC2)cn1. The molecule has 1 aromatic heterocycles. The third-order valence-electron chi connectivity index (χ3n) is 3.03. The Bertz CT molecular complexity index is 274. The van der Waals surface area contributed by atoms with Crippen molar-refractivity contribution < 1.29 is 0 Å². The number of imidazole rings is 1. The number of nitrogens with one attached hydrogen (secondary N) is 1. The zero-order chi connectivity index (χ0) is 9.80. The quantitative estimate of drug-likeness (QED) is 0.789. The van der Waals surface area contributed by atoms with Gasteiger partial charge >= 0.3 is 0 Å². The Kier molecular flexibility index (Phi) is 3.19. The van der Waals surface area contributed by atoms with Crippen molar-refractivity contribution in [1.29, 1.82) is 0 Å². The van der Waals surface area contributed by atoms with Gasteiger partial charge in [-0.05, 0) is 19.9 Å². The van der Waals surface area contributed by atoms with Gasteiger partial charge in [-0.1, -0.05) is 12.8 Å². The lowest BCUT2D eigenvalue weighted by atomic mass is 10.2. The Morgan fingerprint density at radius 3 is 3.00 bits per heavy atom. The minimum atomic E-state index is 0.728. The van der Waals surface area contributed by atoms with Crippen LogP contribution in [0.4, 0.5) is 0 Å². The van der Waals surface area contributed by atoms with Crippen molar-refractivity contribution in [2.75, 3.05) is 13.6 Å². The highest BCUT2D eigenvalue weighted by molar-refractivity contribution is 4.99. The lowest BCUT2D eigenvalue weighted by Crippen LogP contribution is -2.10. The van der Waals surface area contributed by atoms with Crippen molar-refractivity contribution in [2.45, 2.75) is 38.1 Å². The van der Waals surface area contributed by atoms with E-state index in [2.05, 4.69) is 21.1 Å². The van der Waals surface area contributed by atoms with E-state index in [-0.39, 0.29) is 0 Å². The molecule has 1 aromatic rings. The van der Waals surface area contributed by atoms with Crippen LogP contribution in [0.25, 0.3) is 0 Å². The van der Waals surface area contributed by atoms with E-state index in [1.807, 2.05) is 13.4 Å². The van der Waals surface area contributed by atoms with Crippen LogP contribution in [-0.4, -0.2) is 23.1 Å². The number of nitrogens with zero attached hydrogens (tertiary/aromatic N) is 2. The van der Waals surface area contributed by atoms with Gasteiger partial charge in [0.15, 0.2) is 0 Å². The van der Waals surface area contributed by atoms with Crippen molar-refractivity contribution in [1.82, 2.24) is 14.9 Å². The van der Waals surface area contributed by atoms with Gasteiger partial charge in [-0.2, -0.15) is 0 Å². The number of likely N-dealkylation sites (N-methyl/N-ethyl adjacent to an activating group) is 1. The average Bonchev–Trinajstić information content (AvgIpc) is 2.85. The summed E-state index contributed by atoms with van der Waals surface area (Å²) in [5, 5.41) is 3.15. The van der Waals surface area contributed by atoms with Crippen LogP contribution >= 0.6 is 0 Å². The first-order chi connectivity index (χ1) is 6.90. The zero-order valence-corrected chi connectivity index (χ0v) is 8.87. The van der Waals surface area contributed by atoms with E-state index < -0.39 is 0 Å². The normalized spacial score (nSPS) is 17.8. The summed E-state index contributed by atoms with van der Waals surface area (Å²) in [4.78, 5) is 4.42. The predicted octanol–water partition coefficient (Wildman–Crippen LogP) is 1.76. The second-order valence-electron chi connectivity index (χ2n) is 4.10. The van der Waals surface area contributed by atoms with Crippen LogP contribution in [0.1, 0.15) is 37.4 Å². The summed E-state index contributed by atoms with van der Waals surface area (Å²) in [5.74, 6) is 0. The average molecular weight is 193 g/mol. The van der Waals surface area contributed by atoms with Gasteiger partial charge in [-0.3, -0.25) is 0 Å². The second kappa shape index (κ2) is 4.60. The summed E-state index contributed by atoms with van der Waals surface area (Å²) >= 11 is 0. The van der Waals surface area contributed by atoms with Gasteiger partial charge in [0.05, 0.1) is 12.0 Å². The molecule has 1 heterocycles. The molecular weight excluding hydrogens is 174 g/mol. The van der Waals surface area contributed by atoms with E-state index in [4.69, 9.17) is 0 Å². The number of hydrogen-bond donors (Lipinski definition) is 1. The molecule has 1 saturated carbocycles. The van der Waals surface area contributed by atoms with Crippen LogP contribution in [0.15, 0.2) is 12.5 Å². The number of rotatable bonds is 4. The summed E-state index contributed by atoms with van der Waals surface area (Å²) in [5.41, 5.74) is 1.21. The third kappa shape index (κ3) is 2.15. The van der Waals surface area contributed by atoms with Crippen molar-refractivity contribution in [3.05, 3.63) is 18.2 Å². The molecule has 1 N–H and O–H groups in total. The Morgan fingerprint density at radius 2 is 2.29 bits per heavy atom. The first-order valence-corrected chi connectivity index (χ1v) is 5.57. The van der Waals surface area contributed by atoms with E-state index in [9.17, 15) is 0 Å². The van der Waals surface area contributed by atoms with Crippen LogP contribution < -0.4 is 5.32 Å². The van der Waals surface area contributed by atoms with Gasteiger partial charge in [0.25, 0.3) is 0 Å². The Balaban J connectivity index is 1.94. The van der Waals surface area contributed by atoms with E-state index in [0.29, 0.717) is 0 Å². The molecule has 14 heavy (non-hydrogen) atoms. The molecule has 0 unspecified atom stereocenters. The van der Waals surface area contributed by atoms with Gasteiger partial charge < -0.3 is 9.88 Å². The van der Waals surface area contributed by atoms with Crippen LogP contribution in [-0.2, 0) is 6.42 Å². The van der Waals surface area contributed by atoms with Crippen molar-refractivity contribution in [3.63, 3.8) is 0 Å². The molecule has 78 valence electrons. The van der Waals surface area contributed by atoms with E-state index in [1.54, 1.807) is 0 Å². The molecule has 2 rings (SSSR count). The third-order valence-corrected chi connectivity index (χ3v) is 3.03. The standard InChI is InChI=1S/C11H19N3/c1-12-7-6-10-8-14(9-13-10)11-4-2-3-5-11/h8-9,11-12H,2-7H2,1H3. The Morgan fingerprint density at radius 1 is 1.50 bits per heavy atom. The second-order valence-corrected chi connectivity index (χ2v) is 4.10. The van der Waals surface area contributed by atoms with Crippen molar-refractivity contribution >= 4 is 0 Å². The smallest absolute Gasteiger partial charge is 0.0951 e. The fourth-order valence-electron chi connectivity index (χ4n) is 2.16. The van der Waals surface area contributed by atoms with Crippen molar-refractivity contribution in [3.8, 4) is 0 Å². The van der Waals surface area contributed by atoms with Gasteiger partial charge in [0.1, 0.15) is 0 Å². The largest absolute Gasteiger partial charge is 0.334 e. The molecule has 0 radical (unpaired) electrons.